The molecule has 1 saturated heterocycles. The van der Waals surface area contributed by atoms with Gasteiger partial charge in [-0.1, -0.05) is 17.7 Å². The number of aromatic nitrogens is 2. The number of carbonyl (C=O) groups excluding carboxylic acids is 1. The predicted molar refractivity (Wildman–Crippen MR) is 99.5 cm³/mol. The fourth-order valence-electron chi connectivity index (χ4n) is 3.78. The van der Waals surface area contributed by atoms with Crippen LogP contribution in [0.2, 0.25) is 5.02 Å². The Labute approximate surface area is 162 Å². The lowest BCUT2D eigenvalue weighted by atomic mass is 10.0. The summed E-state index contributed by atoms with van der Waals surface area (Å²) >= 11 is 5.94. The van der Waals surface area contributed by atoms with E-state index in [1.807, 2.05) is 15.8 Å². The minimum absolute atomic E-state index is 0.0888. The molecule has 1 aromatic carbocycles. The summed E-state index contributed by atoms with van der Waals surface area (Å²) in [6, 6.07) is 4.51. The SMILES string of the molecule is O=C(NC1CCCOc2cc(F)ccc21)N1CCC(n2cc(Cl)cn2)CC1. The second-order valence-electron chi connectivity index (χ2n) is 7.03. The summed E-state index contributed by atoms with van der Waals surface area (Å²) in [6.45, 7) is 1.85. The average molecular weight is 393 g/mol. The van der Waals surface area contributed by atoms with Crippen LogP contribution in [-0.4, -0.2) is 40.4 Å². The van der Waals surface area contributed by atoms with Crippen LogP contribution in [0.5, 0.6) is 5.75 Å². The van der Waals surface area contributed by atoms with Gasteiger partial charge in [-0.2, -0.15) is 5.10 Å². The third kappa shape index (κ3) is 4.03. The van der Waals surface area contributed by atoms with Gasteiger partial charge in [0.25, 0.3) is 0 Å². The van der Waals surface area contributed by atoms with E-state index in [1.165, 1.54) is 12.1 Å². The van der Waals surface area contributed by atoms with Crippen LogP contribution in [0.1, 0.15) is 43.3 Å². The summed E-state index contributed by atoms with van der Waals surface area (Å²) in [4.78, 5) is 14.6. The lowest BCUT2D eigenvalue weighted by molar-refractivity contribution is 0.165. The van der Waals surface area contributed by atoms with Crippen LogP contribution in [0.3, 0.4) is 0 Å². The molecule has 0 spiro atoms. The first-order valence-corrected chi connectivity index (χ1v) is 9.65. The monoisotopic (exact) mass is 392 g/mol. The van der Waals surface area contributed by atoms with Crippen molar-refractivity contribution in [2.75, 3.05) is 19.7 Å². The molecule has 4 rings (SSSR count). The molecule has 1 fully saturated rings. The first kappa shape index (κ1) is 18.1. The quantitative estimate of drug-likeness (QED) is 0.842. The highest BCUT2D eigenvalue weighted by Crippen LogP contribution is 2.32. The summed E-state index contributed by atoms with van der Waals surface area (Å²) in [6.07, 6.45) is 6.70. The van der Waals surface area contributed by atoms with Crippen molar-refractivity contribution in [1.29, 1.82) is 0 Å². The van der Waals surface area contributed by atoms with Crippen molar-refractivity contribution >= 4 is 17.6 Å². The van der Waals surface area contributed by atoms with E-state index in [9.17, 15) is 9.18 Å². The summed E-state index contributed by atoms with van der Waals surface area (Å²) in [5.74, 6) is 0.189. The van der Waals surface area contributed by atoms with E-state index in [0.717, 1.165) is 31.2 Å². The normalized spacial score (nSPS) is 20.5. The molecular weight excluding hydrogens is 371 g/mol. The van der Waals surface area contributed by atoms with Gasteiger partial charge >= 0.3 is 6.03 Å². The van der Waals surface area contributed by atoms with Crippen LogP contribution in [-0.2, 0) is 0 Å². The Hall–Kier alpha value is -2.28. The summed E-state index contributed by atoms with van der Waals surface area (Å²) in [7, 11) is 0. The molecule has 3 heterocycles. The maximum absolute atomic E-state index is 13.5. The smallest absolute Gasteiger partial charge is 0.317 e. The number of nitrogens with zero attached hydrogens (tertiary/aromatic N) is 3. The molecule has 1 atom stereocenters. The maximum atomic E-state index is 13.5. The van der Waals surface area contributed by atoms with Crippen molar-refractivity contribution in [2.45, 2.75) is 37.8 Å². The topological polar surface area (TPSA) is 59.4 Å². The van der Waals surface area contributed by atoms with Gasteiger partial charge in [0.1, 0.15) is 11.6 Å². The van der Waals surface area contributed by atoms with E-state index in [4.69, 9.17) is 16.3 Å². The number of amides is 2. The van der Waals surface area contributed by atoms with E-state index in [-0.39, 0.29) is 23.9 Å². The van der Waals surface area contributed by atoms with Crippen LogP contribution >= 0.6 is 11.6 Å². The van der Waals surface area contributed by atoms with Crippen molar-refractivity contribution < 1.29 is 13.9 Å². The Kier molecular flexibility index (Phi) is 5.20. The number of ether oxygens (including phenoxy) is 1. The van der Waals surface area contributed by atoms with Crippen molar-refractivity contribution in [3.8, 4) is 5.75 Å². The van der Waals surface area contributed by atoms with Gasteiger partial charge in [0.2, 0.25) is 0 Å². The molecule has 8 heteroatoms. The van der Waals surface area contributed by atoms with Gasteiger partial charge < -0.3 is 15.0 Å². The highest BCUT2D eigenvalue weighted by atomic mass is 35.5. The van der Waals surface area contributed by atoms with E-state index < -0.39 is 0 Å². The van der Waals surface area contributed by atoms with Gasteiger partial charge in [-0.15, -0.1) is 0 Å². The largest absolute Gasteiger partial charge is 0.493 e. The first-order valence-electron chi connectivity index (χ1n) is 9.27. The number of fused-ring (bicyclic) bond motifs is 1. The molecule has 27 heavy (non-hydrogen) atoms. The summed E-state index contributed by atoms with van der Waals surface area (Å²) in [5, 5.41) is 8.00. The van der Waals surface area contributed by atoms with Crippen LogP contribution in [0.4, 0.5) is 9.18 Å². The molecule has 0 aliphatic carbocycles. The fraction of sp³-hybridized carbons (Fsp3) is 0.474. The minimum Gasteiger partial charge on any atom is -0.493 e. The van der Waals surface area contributed by atoms with E-state index in [2.05, 4.69) is 10.4 Å². The third-order valence-corrected chi connectivity index (χ3v) is 5.43. The first-order chi connectivity index (χ1) is 13.1. The van der Waals surface area contributed by atoms with E-state index in [1.54, 1.807) is 12.3 Å². The van der Waals surface area contributed by atoms with Gasteiger partial charge in [-0.05, 0) is 31.7 Å². The fourth-order valence-corrected chi connectivity index (χ4v) is 3.93. The number of piperidine rings is 1. The molecule has 6 nitrogen and oxygen atoms in total. The Morgan fingerprint density at radius 2 is 2.11 bits per heavy atom. The number of hydrogen-bond acceptors (Lipinski definition) is 3. The molecule has 2 aliphatic rings. The lowest BCUT2D eigenvalue weighted by Gasteiger charge is -2.33. The van der Waals surface area contributed by atoms with Crippen LogP contribution < -0.4 is 10.1 Å². The second kappa shape index (κ2) is 7.76. The number of urea groups is 1. The summed E-state index contributed by atoms with van der Waals surface area (Å²) < 4.78 is 21.0. The molecule has 0 bridgehead atoms. The zero-order chi connectivity index (χ0) is 18.8. The minimum atomic E-state index is -0.332. The molecule has 1 aromatic heterocycles. The number of rotatable bonds is 2. The number of nitrogens with one attached hydrogen (secondary N) is 1. The Morgan fingerprint density at radius 1 is 1.30 bits per heavy atom. The van der Waals surface area contributed by atoms with E-state index >= 15 is 0 Å². The van der Waals surface area contributed by atoms with E-state index in [0.29, 0.717) is 30.5 Å². The zero-order valence-corrected chi connectivity index (χ0v) is 15.7. The zero-order valence-electron chi connectivity index (χ0n) is 14.9. The molecule has 2 aliphatic heterocycles. The standard InChI is InChI=1S/C19H22ClFN4O2/c20-13-11-22-25(12-13)15-5-7-24(8-6-15)19(26)23-17-2-1-9-27-18-10-14(21)3-4-16(17)18/h3-4,10-12,15,17H,1-2,5-9H2,(H,23,26). The van der Waals surface area contributed by atoms with Gasteiger partial charge in [0.15, 0.2) is 0 Å². The van der Waals surface area contributed by atoms with Gasteiger partial charge in [-0.3, -0.25) is 4.68 Å². The highest BCUT2D eigenvalue weighted by molar-refractivity contribution is 6.30. The molecule has 2 aromatic rings. The molecule has 1 unspecified atom stereocenters. The molecule has 1 N–H and O–H groups in total. The molecule has 144 valence electrons. The molecule has 2 amide bonds. The molecule has 0 saturated carbocycles. The highest BCUT2D eigenvalue weighted by Gasteiger charge is 2.27. The van der Waals surface area contributed by atoms with Gasteiger partial charge in [0.05, 0.1) is 29.9 Å². The number of carbonyl (C=O) groups is 1. The van der Waals surface area contributed by atoms with Crippen molar-refractivity contribution in [3.63, 3.8) is 0 Å². The van der Waals surface area contributed by atoms with Crippen molar-refractivity contribution in [3.05, 3.63) is 47.0 Å². The second-order valence-corrected chi connectivity index (χ2v) is 7.47. The Balaban J connectivity index is 1.38. The lowest BCUT2D eigenvalue weighted by Crippen LogP contribution is -2.45. The molecule has 0 radical (unpaired) electrons. The number of hydrogen-bond donors (Lipinski definition) is 1. The third-order valence-electron chi connectivity index (χ3n) is 5.24. The van der Waals surface area contributed by atoms with Gasteiger partial charge in [0, 0.05) is 30.9 Å². The number of halogens is 2. The van der Waals surface area contributed by atoms with Crippen molar-refractivity contribution in [1.82, 2.24) is 20.0 Å². The van der Waals surface area contributed by atoms with Crippen LogP contribution in [0, 0.1) is 5.82 Å². The average Bonchev–Trinajstić information content (AvgIpc) is 3.01. The Bertz CT molecular complexity index is 820. The predicted octanol–water partition coefficient (Wildman–Crippen LogP) is 3.94. The number of likely N-dealkylation sites (tertiary alicyclic amines) is 1. The molecular formula is C19H22ClFN4O2. The summed E-state index contributed by atoms with van der Waals surface area (Å²) in [5.41, 5.74) is 0.836. The van der Waals surface area contributed by atoms with Gasteiger partial charge in [-0.25, -0.2) is 9.18 Å². The number of benzene rings is 1. The van der Waals surface area contributed by atoms with Crippen LogP contribution in [0.15, 0.2) is 30.6 Å². The van der Waals surface area contributed by atoms with Crippen LogP contribution in [0.25, 0.3) is 0 Å². The Morgan fingerprint density at radius 3 is 2.85 bits per heavy atom. The van der Waals surface area contributed by atoms with Crippen molar-refractivity contribution in [2.24, 2.45) is 0 Å². The maximum Gasteiger partial charge on any atom is 0.317 e.